The van der Waals surface area contributed by atoms with Gasteiger partial charge in [-0.1, -0.05) is 89.3 Å². The van der Waals surface area contributed by atoms with Crippen LogP contribution in [0.15, 0.2) is 86.5 Å². The lowest BCUT2D eigenvalue weighted by atomic mass is 10.1. The molecule has 5 nitrogen and oxygen atoms in total. The van der Waals surface area contributed by atoms with Gasteiger partial charge < -0.3 is 0 Å². The number of thiocarbonyl (C=S) groups is 1. The summed E-state index contributed by atoms with van der Waals surface area (Å²) in [6.07, 6.45) is 3.35. The zero-order valence-corrected chi connectivity index (χ0v) is 22.5. The van der Waals surface area contributed by atoms with Crippen molar-refractivity contribution in [3.8, 4) is 0 Å². The van der Waals surface area contributed by atoms with Crippen molar-refractivity contribution in [2.45, 2.75) is 37.2 Å². The van der Waals surface area contributed by atoms with E-state index in [9.17, 15) is 9.59 Å². The summed E-state index contributed by atoms with van der Waals surface area (Å²) >= 11 is 8.17. The van der Waals surface area contributed by atoms with Gasteiger partial charge in [0.05, 0.1) is 17.0 Å². The molecule has 2 aromatic carbocycles. The topological polar surface area (TPSA) is 54.7 Å². The molecule has 0 aliphatic carbocycles. The Morgan fingerprint density at radius 3 is 2.33 bits per heavy atom. The van der Waals surface area contributed by atoms with Gasteiger partial charge in [0.25, 0.3) is 11.5 Å². The first-order valence-electron chi connectivity index (χ1n) is 11.4. The average Bonchev–Trinajstić information content (AvgIpc) is 3.12. The van der Waals surface area contributed by atoms with Crippen molar-refractivity contribution in [3.05, 3.63) is 110 Å². The number of fused-ring (bicyclic) bond motifs is 1. The molecule has 1 aliphatic rings. The number of thioether (sulfide) groups is 1. The normalized spacial score (nSPS) is 14.9. The van der Waals surface area contributed by atoms with Crippen LogP contribution in [0, 0.1) is 20.8 Å². The quantitative estimate of drug-likeness (QED) is 0.175. The molecule has 0 unspecified atom stereocenters. The fraction of sp³-hybridized carbons (Fsp3) is 0.143. The number of amides is 1. The monoisotopic (exact) mass is 529 g/mol. The summed E-state index contributed by atoms with van der Waals surface area (Å²) in [7, 11) is 0. The van der Waals surface area contributed by atoms with Crippen molar-refractivity contribution in [1.29, 1.82) is 0 Å². The van der Waals surface area contributed by atoms with Crippen LogP contribution in [-0.4, -0.2) is 24.5 Å². The Balaban J connectivity index is 1.57. The predicted molar refractivity (Wildman–Crippen MR) is 151 cm³/mol. The maximum atomic E-state index is 13.6. The Labute approximate surface area is 223 Å². The van der Waals surface area contributed by atoms with Crippen LogP contribution in [0.25, 0.3) is 11.7 Å². The number of hydrogen-bond donors (Lipinski definition) is 0. The second-order valence-electron chi connectivity index (χ2n) is 8.69. The molecule has 0 radical (unpaired) electrons. The molecule has 3 heterocycles. The zero-order chi connectivity index (χ0) is 25.4. The Bertz CT molecular complexity index is 1590. The standard InChI is InChI=1S/C28H23N3O2S3/c1-17-6-10-20(11-7-17)16-31-27(33)23(36-28(31)34)15-22-25(35-21-12-8-18(2)9-13-21)29-24-19(3)5-4-14-30(24)26(22)32/h4-15H,16H2,1-3H3. The number of carbonyl (C=O) groups excluding carboxylic acids is 1. The van der Waals surface area contributed by atoms with Crippen LogP contribution in [-0.2, 0) is 11.3 Å². The summed E-state index contributed by atoms with van der Waals surface area (Å²) in [5.74, 6) is -0.203. The van der Waals surface area contributed by atoms with E-state index < -0.39 is 0 Å². The highest BCUT2D eigenvalue weighted by atomic mass is 32.2. The van der Waals surface area contributed by atoms with E-state index in [1.54, 1.807) is 17.2 Å². The Kier molecular flexibility index (Phi) is 6.83. The first kappa shape index (κ1) is 24.5. The van der Waals surface area contributed by atoms with Crippen LogP contribution in [0.2, 0.25) is 0 Å². The van der Waals surface area contributed by atoms with Crippen LogP contribution < -0.4 is 5.56 Å². The molecule has 8 heteroatoms. The molecule has 2 aromatic heterocycles. The molecule has 0 bridgehead atoms. The lowest BCUT2D eigenvalue weighted by Gasteiger charge is -2.14. The minimum Gasteiger partial charge on any atom is -0.288 e. The van der Waals surface area contributed by atoms with Crippen LogP contribution >= 0.6 is 35.7 Å². The third-order valence-electron chi connectivity index (χ3n) is 5.90. The summed E-state index contributed by atoms with van der Waals surface area (Å²) < 4.78 is 2.01. The molecule has 36 heavy (non-hydrogen) atoms. The van der Waals surface area contributed by atoms with Gasteiger partial charge in [-0.05, 0) is 56.2 Å². The van der Waals surface area contributed by atoms with Crippen LogP contribution in [0.1, 0.15) is 27.8 Å². The van der Waals surface area contributed by atoms with E-state index in [-0.39, 0.29) is 11.5 Å². The van der Waals surface area contributed by atoms with Crippen molar-refractivity contribution in [1.82, 2.24) is 14.3 Å². The lowest BCUT2D eigenvalue weighted by Crippen LogP contribution is -2.27. The molecule has 180 valence electrons. The second-order valence-corrected chi connectivity index (χ2v) is 11.4. The van der Waals surface area contributed by atoms with E-state index in [1.807, 2.05) is 81.4 Å². The number of pyridine rings is 1. The molecule has 1 amide bonds. The maximum Gasteiger partial charge on any atom is 0.266 e. The summed E-state index contributed by atoms with van der Waals surface area (Å²) in [5.41, 5.74) is 4.96. The Hall–Kier alpha value is -3.20. The number of hydrogen-bond acceptors (Lipinski definition) is 6. The van der Waals surface area contributed by atoms with Gasteiger partial charge in [0.2, 0.25) is 0 Å². The molecule has 1 fully saturated rings. The van der Waals surface area contributed by atoms with E-state index >= 15 is 0 Å². The second kappa shape index (κ2) is 10.0. The molecular weight excluding hydrogens is 507 g/mol. The van der Waals surface area contributed by atoms with Gasteiger partial charge in [-0.25, -0.2) is 4.98 Å². The van der Waals surface area contributed by atoms with Gasteiger partial charge in [0.1, 0.15) is 15.0 Å². The molecule has 4 aromatic rings. The van der Waals surface area contributed by atoms with E-state index in [0.717, 1.165) is 27.1 Å². The number of benzene rings is 2. The largest absolute Gasteiger partial charge is 0.288 e. The summed E-state index contributed by atoms with van der Waals surface area (Å²) in [6.45, 7) is 6.37. The predicted octanol–water partition coefficient (Wildman–Crippen LogP) is 6.17. The maximum absolute atomic E-state index is 13.6. The number of aromatic nitrogens is 2. The molecule has 0 atom stereocenters. The molecule has 0 N–H and O–H groups in total. The van der Waals surface area contributed by atoms with Crippen molar-refractivity contribution in [3.63, 3.8) is 0 Å². The number of nitrogens with zero attached hydrogens (tertiary/aromatic N) is 3. The molecule has 1 aliphatic heterocycles. The van der Waals surface area contributed by atoms with Crippen LogP contribution in [0.4, 0.5) is 0 Å². The average molecular weight is 530 g/mol. The van der Waals surface area contributed by atoms with Gasteiger partial charge >= 0.3 is 0 Å². The SMILES string of the molecule is Cc1ccc(CN2C(=O)C(=Cc3c(Sc4ccc(C)cc4)nc4c(C)cccn4c3=O)SC2=S)cc1. The number of rotatable bonds is 5. The number of aryl methyl sites for hydroxylation is 3. The van der Waals surface area contributed by atoms with E-state index in [1.165, 1.54) is 27.9 Å². The Morgan fingerprint density at radius 1 is 0.972 bits per heavy atom. The third kappa shape index (κ3) is 4.89. The first-order chi connectivity index (χ1) is 17.3. The van der Waals surface area contributed by atoms with Crippen molar-refractivity contribution in [2.75, 3.05) is 0 Å². The number of carbonyl (C=O) groups is 1. The Morgan fingerprint density at radius 2 is 1.64 bits per heavy atom. The highest BCUT2D eigenvalue weighted by molar-refractivity contribution is 8.26. The van der Waals surface area contributed by atoms with Crippen molar-refractivity contribution < 1.29 is 4.79 Å². The van der Waals surface area contributed by atoms with Gasteiger partial charge in [-0.15, -0.1) is 0 Å². The first-order valence-corrected chi connectivity index (χ1v) is 13.4. The minimum atomic E-state index is -0.220. The summed E-state index contributed by atoms with van der Waals surface area (Å²) in [4.78, 5) is 34.8. The highest BCUT2D eigenvalue weighted by Gasteiger charge is 2.32. The van der Waals surface area contributed by atoms with Crippen molar-refractivity contribution >= 4 is 57.7 Å². The van der Waals surface area contributed by atoms with E-state index in [2.05, 4.69) is 0 Å². The van der Waals surface area contributed by atoms with E-state index in [0.29, 0.717) is 32.0 Å². The molecule has 0 spiro atoms. The third-order valence-corrected chi connectivity index (χ3v) is 8.29. The fourth-order valence-corrected chi connectivity index (χ4v) is 5.98. The molecule has 0 saturated carbocycles. The van der Waals surface area contributed by atoms with E-state index in [4.69, 9.17) is 17.2 Å². The lowest BCUT2D eigenvalue weighted by molar-refractivity contribution is -0.122. The van der Waals surface area contributed by atoms with Gasteiger partial charge in [-0.3, -0.25) is 18.9 Å². The minimum absolute atomic E-state index is 0.203. The fourth-order valence-electron chi connectivity index (χ4n) is 3.85. The van der Waals surface area contributed by atoms with Crippen LogP contribution in [0.5, 0.6) is 0 Å². The highest BCUT2D eigenvalue weighted by Crippen LogP contribution is 2.36. The molecular formula is C28H23N3O2S3. The summed E-state index contributed by atoms with van der Waals surface area (Å²) in [6, 6.07) is 19.8. The van der Waals surface area contributed by atoms with Crippen LogP contribution in [0.3, 0.4) is 0 Å². The summed E-state index contributed by atoms with van der Waals surface area (Å²) in [5, 5.41) is 0.557. The molecule has 5 rings (SSSR count). The smallest absolute Gasteiger partial charge is 0.266 e. The van der Waals surface area contributed by atoms with Gasteiger partial charge in [0, 0.05) is 11.1 Å². The molecule has 1 saturated heterocycles. The van der Waals surface area contributed by atoms with Gasteiger partial charge in [0.15, 0.2) is 0 Å². The zero-order valence-electron chi connectivity index (χ0n) is 20.0. The van der Waals surface area contributed by atoms with Gasteiger partial charge in [-0.2, -0.15) is 0 Å². The van der Waals surface area contributed by atoms with Crippen molar-refractivity contribution in [2.24, 2.45) is 0 Å².